The van der Waals surface area contributed by atoms with E-state index in [1.807, 2.05) is 0 Å². The first-order valence-electron chi connectivity index (χ1n) is 6.82. The third-order valence-corrected chi connectivity index (χ3v) is 2.93. The van der Waals surface area contributed by atoms with Crippen molar-refractivity contribution in [3.63, 3.8) is 0 Å². The fourth-order valence-corrected chi connectivity index (χ4v) is 1.85. The lowest BCUT2D eigenvalue weighted by Gasteiger charge is -2.13. The molecule has 144 valence electrons. The van der Waals surface area contributed by atoms with Crippen LogP contribution in [0.15, 0.2) is 12.1 Å². The molecule has 3 N–H and O–H groups in total. The molecule has 0 aliphatic rings. The number of ether oxygens (including phenoxy) is 3. The van der Waals surface area contributed by atoms with Crippen LogP contribution in [0.3, 0.4) is 0 Å². The second-order valence-corrected chi connectivity index (χ2v) is 5.12. The zero-order valence-electron chi connectivity index (χ0n) is 13.3. The Balaban J connectivity index is 2.76. The standard InChI is InChI=1S/C14H14ClF3N2O6/c1-24-9-3-7(2-8(15)12(9)25-4-10(19)21)13(23)26-5-11(22)20-6-14(16,17)18/h2-3H,4-6H2,1H3,(H2,19,21)(H,20,22). The molecule has 0 fully saturated rings. The molecular weight excluding hydrogens is 385 g/mol. The van der Waals surface area contributed by atoms with Crippen LogP contribution in [0.2, 0.25) is 5.02 Å². The molecular formula is C14H14ClF3N2O6. The number of carbonyl (C=O) groups is 3. The number of methoxy groups -OCH3 is 1. The Hall–Kier alpha value is -2.69. The number of hydrogen-bond donors (Lipinski definition) is 2. The number of alkyl halides is 3. The highest BCUT2D eigenvalue weighted by molar-refractivity contribution is 6.32. The lowest BCUT2D eigenvalue weighted by Crippen LogP contribution is -2.36. The SMILES string of the molecule is COc1cc(C(=O)OCC(=O)NCC(F)(F)F)cc(Cl)c1OCC(N)=O. The van der Waals surface area contributed by atoms with Crippen molar-refractivity contribution in [2.75, 3.05) is 26.9 Å². The van der Waals surface area contributed by atoms with Gasteiger partial charge >= 0.3 is 12.1 Å². The number of carbonyl (C=O) groups excluding carboxylic acids is 3. The molecule has 26 heavy (non-hydrogen) atoms. The summed E-state index contributed by atoms with van der Waals surface area (Å²) >= 11 is 5.93. The number of nitrogens with one attached hydrogen (secondary N) is 1. The molecule has 1 rings (SSSR count). The lowest BCUT2D eigenvalue weighted by molar-refractivity contribution is -0.140. The van der Waals surface area contributed by atoms with Crippen LogP contribution in [0, 0.1) is 0 Å². The number of primary amides is 1. The van der Waals surface area contributed by atoms with Gasteiger partial charge in [0.1, 0.15) is 6.54 Å². The molecule has 2 amide bonds. The molecule has 0 heterocycles. The van der Waals surface area contributed by atoms with Gasteiger partial charge in [0.2, 0.25) is 0 Å². The van der Waals surface area contributed by atoms with E-state index in [0.29, 0.717) is 0 Å². The van der Waals surface area contributed by atoms with Gasteiger partial charge < -0.3 is 25.3 Å². The molecule has 0 bridgehead atoms. The number of amides is 2. The zero-order valence-corrected chi connectivity index (χ0v) is 14.1. The van der Waals surface area contributed by atoms with Crippen molar-refractivity contribution in [2.24, 2.45) is 5.73 Å². The van der Waals surface area contributed by atoms with Crippen LogP contribution in [-0.4, -0.2) is 50.8 Å². The molecule has 0 atom stereocenters. The monoisotopic (exact) mass is 398 g/mol. The quantitative estimate of drug-likeness (QED) is 0.632. The molecule has 0 saturated heterocycles. The topological polar surface area (TPSA) is 117 Å². The highest BCUT2D eigenvalue weighted by atomic mass is 35.5. The maximum Gasteiger partial charge on any atom is 0.405 e. The number of benzene rings is 1. The summed E-state index contributed by atoms with van der Waals surface area (Å²) in [5.74, 6) is -3.00. The van der Waals surface area contributed by atoms with Gasteiger partial charge in [0, 0.05) is 0 Å². The number of hydrogen-bond acceptors (Lipinski definition) is 6. The normalized spacial score (nSPS) is 10.8. The summed E-state index contributed by atoms with van der Waals surface area (Å²) in [6, 6.07) is 2.26. The smallest absolute Gasteiger partial charge is 0.405 e. The van der Waals surface area contributed by atoms with Crippen molar-refractivity contribution in [1.82, 2.24) is 5.32 Å². The molecule has 0 aliphatic carbocycles. The maximum absolute atomic E-state index is 12.0. The maximum atomic E-state index is 12.0. The van der Waals surface area contributed by atoms with Crippen molar-refractivity contribution in [3.05, 3.63) is 22.7 Å². The van der Waals surface area contributed by atoms with Crippen molar-refractivity contribution in [2.45, 2.75) is 6.18 Å². The van der Waals surface area contributed by atoms with Crippen molar-refractivity contribution in [1.29, 1.82) is 0 Å². The summed E-state index contributed by atoms with van der Waals surface area (Å²) in [7, 11) is 1.24. The van der Waals surface area contributed by atoms with E-state index in [9.17, 15) is 27.6 Å². The van der Waals surface area contributed by atoms with Crippen molar-refractivity contribution in [3.8, 4) is 11.5 Å². The molecule has 0 spiro atoms. The van der Waals surface area contributed by atoms with Crippen LogP contribution in [-0.2, 0) is 14.3 Å². The van der Waals surface area contributed by atoms with Crippen LogP contribution in [0.1, 0.15) is 10.4 Å². The fraction of sp³-hybridized carbons (Fsp3) is 0.357. The average molecular weight is 399 g/mol. The van der Waals surface area contributed by atoms with Gasteiger partial charge in [-0.15, -0.1) is 0 Å². The van der Waals surface area contributed by atoms with E-state index < -0.39 is 43.7 Å². The van der Waals surface area contributed by atoms with Gasteiger partial charge in [-0.1, -0.05) is 11.6 Å². The van der Waals surface area contributed by atoms with Gasteiger partial charge in [0.15, 0.2) is 24.7 Å². The molecule has 0 saturated carbocycles. The number of nitrogens with two attached hydrogens (primary N) is 1. The van der Waals surface area contributed by atoms with Crippen LogP contribution in [0.25, 0.3) is 0 Å². The molecule has 0 aromatic heterocycles. The summed E-state index contributed by atoms with van der Waals surface area (Å²) in [6.07, 6.45) is -4.58. The molecule has 12 heteroatoms. The largest absolute Gasteiger partial charge is 0.493 e. The molecule has 0 unspecified atom stereocenters. The van der Waals surface area contributed by atoms with Crippen LogP contribution in [0.4, 0.5) is 13.2 Å². The number of rotatable bonds is 8. The zero-order chi connectivity index (χ0) is 19.9. The molecule has 1 aromatic rings. The minimum absolute atomic E-state index is 0.0211. The minimum atomic E-state index is -4.58. The Morgan fingerprint density at radius 2 is 1.88 bits per heavy atom. The van der Waals surface area contributed by atoms with Crippen LogP contribution in [0.5, 0.6) is 11.5 Å². The van der Waals surface area contributed by atoms with Crippen LogP contribution < -0.4 is 20.5 Å². The predicted octanol–water partition coefficient (Wildman–Crippen LogP) is 1.05. The van der Waals surface area contributed by atoms with E-state index in [-0.39, 0.29) is 22.1 Å². The van der Waals surface area contributed by atoms with Crippen molar-refractivity contribution >= 4 is 29.4 Å². The Kier molecular flexibility index (Phi) is 7.50. The van der Waals surface area contributed by atoms with E-state index >= 15 is 0 Å². The average Bonchev–Trinajstić information content (AvgIpc) is 2.55. The van der Waals surface area contributed by atoms with E-state index in [1.54, 1.807) is 5.32 Å². The molecule has 8 nitrogen and oxygen atoms in total. The van der Waals surface area contributed by atoms with E-state index in [2.05, 4.69) is 4.74 Å². The Labute approximate surface area is 150 Å². The summed E-state index contributed by atoms with van der Waals surface area (Å²) in [5.41, 5.74) is 4.80. The van der Waals surface area contributed by atoms with Gasteiger partial charge in [0.25, 0.3) is 11.8 Å². The Bertz CT molecular complexity index is 696. The summed E-state index contributed by atoms with van der Waals surface area (Å²) in [5, 5.41) is 1.43. The van der Waals surface area contributed by atoms with Gasteiger partial charge in [-0.2, -0.15) is 13.2 Å². The Morgan fingerprint density at radius 3 is 2.42 bits per heavy atom. The lowest BCUT2D eigenvalue weighted by atomic mass is 10.2. The van der Waals surface area contributed by atoms with Crippen LogP contribution >= 0.6 is 11.6 Å². The molecule has 1 aromatic carbocycles. The van der Waals surface area contributed by atoms with E-state index in [1.165, 1.54) is 7.11 Å². The van der Waals surface area contributed by atoms with Gasteiger partial charge in [0.05, 0.1) is 17.7 Å². The highest BCUT2D eigenvalue weighted by Crippen LogP contribution is 2.36. The van der Waals surface area contributed by atoms with Gasteiger partial charge in [-0.25, -0.2) is 4.79 Å². The summed E-state index contributed by atoms with van der Waals surface area (Å²) in [4.78, 5) is 33.9. The fourth-order valence-electron chi connectivity index (χ4n) is 1.59. The van der Waals surface area contributed by atoms with E-state index in [0.717, 1.165) is 12.1 Å². The highest BCUT2D eigenvalue weighted by Gasteiger charge is 2.28. The Morgan fingerprint density at radius 1 is 1.23 bits per heavy atom. The third kappa shape index (κ3) is 7.05. The first-order valence-corrected chi connectivity index (χ1v) is 7.20. The summed E-state index contributed by atoms with van der Waals surface area (Å²) < 4.78 is 50.5. The minimum Gasteiger partial charge on any atom is -0.493 e. The first kappa shape index (κ1) is 21.4. The second-order valence-electron chi connectivity index (χ2n) is 4.71. The summed E-state index contributed by atoms with van der Waals surface area (Å²) in [6.45, 7) is -2.96. The molecule has 0 radical (unpaired) electrons. The van der Waals surface area contributed by atoms with Gasteiger partial charge in [-0.05, 0) is 12.1 Å². The van der Waals surface area contributed by atoms with E-state index in [4.69, 9.17) is 26.8 Å². The predicted molar refractivity (Wildman–Crippen MR) is 82.0 cm³/mol. The first-order chi connectivity index (χ1) is 12.0. The number of esters is 1. The van der Waals surface area contributed by atoms with Gasteiger partial charge in [-0.3, -0.25) is 9.59 Å². The molecule has 0 aliphatic heterocycles. The number of halogens is 4. The van der Waals surface area contributed by atoms with Crippen molar-refractivity contribution < 1.29 is 41.8 Å². The third-order valence-electron chi connectivity index (χ3n) is 2.64. The second kappa shape index (κ2) is 9.13.